The average Bonchev–Trinajstić information content (AvgIpc) is 2.62. The molecule has 0 radical (unpaired) electrons. The Kier molecular flexibility index (Phi) is 11.4. The van der Waals surface area contributed by atoms with E-state index >= 15 is 0 Å². The van der Waals surface area contributed by atoms with Crippen molar-refractivity contribution < 1.29 is 17.9 Å². The summed E-state index contributed by atoms with van der Waals surface area (Å²) >= 11 is 0. The Morgan fingerprint density at radius 1 is 1.37 bits per heavy atom. The maximum Gasteiger partial charge on any atom is 0.244 e. The minimum atomic E-state index is -3.73. The molecule has 27 heavy (non-hydrogen) atoms. The largest absolute Gasteiger partial charge is 0.384 e. The van der Waals surface area contributed by atoms with Crippen LogP contribution in [0.3, 0.4) is 0 Å². The van der Waals surface area contributed by atoms with Crippen LogP contribution in [0.5, 0.6) is 0 Å². The van der Waals surface area contributed by atoms with Crippen LogP contribution in [0.4, 0.5) is 0 Å². The molecule has 2 N–H and O–H groups in total. The third-order valence-electron chi connectivity index (χ3n) is 4.48. The Hall–Kier alpha value is -0.970. The van der Waals surface area contributed by atoms with Crippen molar-refractivity contribution in [1.82, 2.24) is 19.9 Å². The fourth-order valence-electron chi connectivity index (χ4n) is 2.94. The third-order valence-corrected chi connectivity index (χ3v) is 6.27. The van der Waals surface area contributed by atoms with Gasteiger partial charge in [-0.25, -0.2) is 8.42 Å². The second-order valence-electron chi connectivity index (χ2n) is 6.41. The number of carbonyl (C=O) groups excluding carboxylic acids is 1. The van der Waals surface area contributed by atoms with Gasteiger partial charge in [0, 0.05) is 38.5 Å². The Morgan fingerprint density at radius 3 is 2.59 bits per heavy atom. The number of aromatic nitrogens is 1. The molecule has 0 spiro atoms. The van der Waals surface area contributed by atoms with Crippen molar-refractivity contribution in [2.45, 2.75) is 17.7 Å². The Bertz CT molecular complexity index is 665. The number of likely N-dealkylation sites (N-methyl/N-ethyl adjacent to an activating group) is 1. The van der Waals surface area contributed by atoms with E-state index < -0.39 is 10.0 Å². The van der Waals surface area contributed by atoms with Gasteiger partial charge in [0.05, 0.1) is 13.2 Å². The summed E-state index contributed by atoms with van der Waals surface area (Å²) in [5.41, 5.74) is -0.101. The lowest BCUT2D eigenvalue weighted by Crippen LogP contribution is -2.48. The summed E-state index contributed by atoms with van der Waals surface area (Å²) in [7, 11) is -0.688. The Morgan fingerprint density at radius 2 is 2.04 bits per heavy atom. The summed E-state index contributed by atoms with van der Waals surface area (Å²) in [5.74, 6) is -0.330. The van der Waals surface area contributed by atoms with Gasteiger partial charge in [-0.05, 0) is 38.1 Å². The van der Waals surface area contributed by atoms with E-state index in [0.717, 1.165) is 30.2 Å². The molecule has 1 aromatic heterocycles. The SMILES string of the molecule is COCC1(CNC(=O)CN(C)S(=O)(=O)c2cccnc2)CCNCC1.Cl.Cl. The number of piperidine rings is 1. The second kappa shape index (κ2) is 11.8. The zero-order valence-corrected chi connectivity index (χ0v) is 18.0. The molecule has 1 aliphatic rings. The van der Waals surface area contributed by atoms with Gasteiger partial charge < -0.3 is 15.4 Å². The highest BCUT2D eigenvalue weighted by Crippen LogP contribution is 2.28. The van der Waals surface area contributed by atoms with Crippen molar-refractivity contribution in [2.24, 2.45) is 5.41 Å². The lowest BCUT2D eigenvalue weighted by molar-refractivity contribution is -0.122. The highest BCUT2D eigenvalue weighted by Gasteiger charge is 2.33. The van der Waals surface area contributed by atoms with E-state index in [0.29, 0.717) is 13.2 Å². The van der Waals surface area contributed by atoms with Crippen molar-refractivity contribution in [2.75, 3.05) is 46.9 Å². The molecule has 1 aromatic rings. The molecule has 0 aliphatic carbocycles. The summed E-state index contributed by atoms with van der Waals surface area (Å²) in [6.45, 7) is 2.57. The third kappa shape index (κ3) is 7.17. The number of pyridine rings is 1. The summed E-state index contributed by atoms with van der Waals surface area (Å²) in [4.78, 5) is 16.1. The van der Waals surface area contributed by atoms with E-state index in [1.807, 2.05) is 0 Å². The van der Waals surface area contributed by atoms with E-state index in [2.05, 4.69) is 15.6 Å². The monoisotopic (exact) mass is 442 g/mol. The molecule has 1 fully saturated rings. The second-order valence-corrected chi connectivity index (χ2v) is 8.45. The normalized spacial score (nSPS) is 16.1. The number of rotatable bonds is 8. The van der Waals surface area contributed by atoms with E-state index in [-0.39, 0.29) is 47.6 Å². The molecular weight excluding hydrogens is 415 g/mol. The van der Waals surface area contributed by atoms with E-state index in [4.69, 9.17) is 4.74 Å². The molecule has 0 unspecified atom stereocenters. The number of carbonyl (C=O) groups is 1. The zero-order valence-electron chi connectivity index (χ0n) is 15.5. The predicted octanol–water partition coefficient (Wildman–Crippen LogP) is 0.678. The first-order valence-electron chi connectivity index (χ1n) is 8.22. The molecule has 0 atom stereocenters. The van der Waals surface area contributed by atoms with Crippen molar-refractivity contribution in [3.63, 3.8) is 0 Å². The first-order valence-corrected chi connectivity index (χ1v) is 9.66. The molecule has 2 rings (SSSR count). The van der Waals surface area contributed by atoms with Crippen LogP contribution in [0, 0.1) is 5.41 Å². The number of methoxy groups -OCH3 is 1. The Balaban J connectivity index is 0.00000338. The molecule has 2 heterocycles. The van der Waals surface area contributed by atoms with Gasteiger partial charge in [-0.1, -0.05) is 0 Å². The first-order chi connectivity index (χ1) is 11.9. The lowest BCUT2D eigenvalue weighted by Gasteiger charge is -2.37. The van der Waals surface area contributed by atoms with E-state index in [1.54, 1.807) is 13.2 Å². The zero-order chi connectivity index (χ0) is 18.3. The van der Waals surface area contributed by atoms with Crippen LogP contribution in [-0.4, -0.2) is 70.6 Å². The Labute approximate surface area is 173 Å². The predicted molar refractivity (Wildman–Crippen MR) is 108 cm³/mol. The molecule has 1 saturated heterocycles. The maximum absolute atomic E-state index is 12.4. The average molecular weight is 443 g/mol. The molecule has 1 aliphatic heterocycles. The standard InChI is InChI=1S/C16H26N4O4S.2ClH/c1-20(25(22,23)14-4-3-7-18-10-14)11-15(21)19-12-16(13-24-2)5-8-17-9-6-16;;/h3-4,7,10,17H,5-6,8-9,11-13H2,1-2H3,(H,19,21);2*1H. The smallest absolute Gasteiger partial charge is 0.244 e. The minimum absolute atomic E-state index is 0. The van der Waals surface area contributed by atoms with Crippen LogP contribution >= 0.6 is 24.8 Å². The molecule has 1 amide bonds. The van der Waals surface area contributed by atoms with Gasteiger partial charge in [-0.2, -0.15) is 4.31 Å². The minimum Gasteiger partial charge on any atom is -0.384 e. The molecule has 0 bridgehead atoms. The number of nitrogens with zero attached hydrogens (tertiary/aromatic N) is 2. The number of ether oxygens (including phenoxy) is 1. The quantitative estimate of drug-likeness (QED) is 0.613. The van der Waals surface area contributed by atoms with E-state index in [1.165, 1.54) is 25.5 Å². The van der Waals surface area contributed by atoms with Gasteiger partial charge in [-0.3, -0.25) is 9.78 Å². The van der Waals surface area contributed by atoms with Crippen LogP contribution in [0.15, 0.2) is 29.4 Å². The van der Waals surface area contributed by atoms with Crippen molar-refractivity contribution >= 4 is 40.7 Å². The fourth-order valence-corrected chi connectivity index (χ4v) is 4.04. The molecule has 156 valence electrons. The summed E-state index contributed by atoms with van der Waals surface area (Å²) in [6, 6.07) is 3.01. The van der Waals surface area contributed by atoms with Crippen LogP contribution in [0.1, 0.15) is 12.8 Å². The number of hydrogen-bond donors (Lipinski definition) is 2. The van der Waals surface area contributed by atoms with Gasteiger partial charge >= 0.3 is 0 Å². The van der Waals surface area contributed by atoms with Crippen LogP contribution in [0.2, 0.25) is 0 Å². The molecule has 11 heteroatoms. The van der Waals surface area contributed by atoms with Gasteiger partial charge in [0.25, 0.3) is 0 Å². The molecular formula is C16H28Cl2N4O4S. The summed E-state index contributed by atoms with van der Waals surface area (Å²) in [6.07, 6.45) is 4.59. The maximum atomic E-state index is 12.4. The van der Waals surface area contributed by atoms with Crippen LogP contribution < -0.4 is 10.6 Å². The highest BCUT2D eigenvalue weighted by molar-refractivity contribution is 7.89. The fraction of sp³-hybridized carbons (Fsp3) is 0.625. The summed E-state index contributed by atoms with van der Waals surface area (Å²) < 4.78 is 31.2. The van der Waals surface area contributed by atoms with Crippen LogP contribution in [0.25, 0.3) is 0 Å². The summed E-state index contributed by atoms with van der Waals surface area (Å²) in [5, 5.41) is 6.16. The first kappa shape index (κ1) is 26.0. The number of nitrogens with one attached hydrogen (secondary N) is 2. The lowest BCUT2D eigenvalue weighted by atomic mass is 9.79. The number of halogens is 2. The number of sulfonamides is 1. The molecule has 0 aromatic carbocycles. The van der Waals surface area contributed by atoms with Crippen molar-refractivity contribution in [1.29, 1.82) is 0 Å². The van der Waals surface area contributed by atoms with Gasteiger partial charge in [0.1, 0.15) is 4.90 Å². The van der Waals surface area contributed by atoms with Crippen molar-refractivity contribution in [3.8, 4) is 0 Å². The molecule has 0 saturated carbocycles. The van der Waals surface area contributed by atoms with Gasteiger partial charge in [0.2, 0.25) is 15.9 Å². The topological polar surface area (TPSA) is 101 Å². The van der Waals surface area contributed by atoms with Gasteiger partial charge in [0.15, 0.2) is 0 Å². The molecule has 8 nitrogen and oxygen atoms in total. The van der Waals surface area contributed by atoms with Crippen molar-refractivity contribution in [3.05, 3.63) is 24.5 Å². The highest BCUT2D eigenvalue weighted by atomic mass is 35.5. The van der Waals surface area contributed by atoms with E-state index in [9.17, 15) is 13.2 Å². The number of hydrogen-bond acceptors (Lipinski definition) is 6. The van der Waals surface area contributed by atoms with Crippen LogP contribution in [-0.2, 0) is 19.6 Å². The number of amides is 1. The van der Waals surface area contributed by atoms with Gasteiger partial charge in [-0.15, -0.1) is 24.8 Å².